The molecule has 2 nitrogen and oxygen atoms in total. The Kier molecular flexibility index (Phi) is 4.60. The molecule has 3 heteroatoms. The number of nitrogens with two attached hydrogens (primary N) is 1. The van der Waals surface area contributed by atoms with E-state index in [0.29, 0.717) is 6.54 Å². The Morgan fingerprint density at radius 3 is 2.76 bits per heavy atom. The van der Waals surface area contributed by atoms with Gasteiger partial charge in [0.15, 0.2) is 0 Å². The molecule has 1 aromatic heterocycles. The molecular weight excluding hydrogens is 228 g/mol. The van der Waals surface area contributed by atoms with E-state index in [-0.39, 0.29) is 0 Å². The van der Waals surface area contributed by atoms with Crippen molar-refractivity contribution >= 4 is 11.3 Å². The van der Waals surface area contributed by atoms with E-state index in [1.54, 1.807) is 0 Å². The normalized spacial score (nSPS) is 15.8. The first kappa shape index (κ1) is 13.1. The van der Waals surface area contributed by atoms with Crippen LogP contribution in [0.25, 0.3) is 0 Å². The molecule has 0 spiro atoms. The summed E-state index contributed by atoms with van der Waals surface area (Å²) in [5, 5.41) is 0. The van der Waals surface area contributed by atoms with Crippen molar-refractivity contribution in [1.29, 1.82) is 0 Å². The van der Waals surface area contributed by atoms with E-state index in [1.165, 1.54) is 47.5 Å². The summed E-state index contributed by atoms with van der Waals surface area (Å²) < 4.78 is 0. The third kappa shape index (κ3) is 3.54. The number of hydrogen-bond acceptors (Lipinski definition) is 3. The second-order valence-corrected chi connectivity index (χ2v) is 6.39. The molecule has 0 aromatic carbocycles. The minimum Gasteiger partial charge on any atom is -0.326 e. The summed E-state index contributed by atoms with van der Waals surface area (Å²) >= 11 is 1.86. The Morgan fingerprint density at radius 1 is 1.47 bits per heavy atom. The van der Waals surface area contributed by atoms with E-state index in [2.05, 4.69) is 24.8 Å². The summed E-state index contributed by atoms with van der Waals surface area (Å²) in [6.07, 6.45) is 5.41. The molecule has 0 amide bonds. The highest BCUT2D eigenvalue weighted by Crippen LogP contribution is 2.30. The van der Waals surface area contributed by atoms with Crippen LogP contribution in [0.4, 0.5) is 0 Å². The SMILES string of the molecule is CCCCN(Cc1cc(CN)sc1C)C1CC1. The molecule has 0 unspecified atom stereocenters. The van der Waals surface area contributed by atoms with E-state index in [4.69, 9.17) is 5.73 Å². The number of unbranched alkanes of at least 4 members (excludes halogenated alkanes) is 1. The highest BCUT2D eigenvalue weighted by Gasteiger charge is 2.28. The Morgan fingerprint density at radius 2 is 2.24 bits per heavy atom. The molecule has 0 aliphatic heterocycles. The average Bonchev–Trinajstić information content (AvgIpc) is 3.10. The van der Waals surface area contributed by atoms with E-state index in [9.17, 15) is 0 Å². The van der Waals surface area contributed by atoms with Crippen molar-refractivity contribution in [3.8, 4) is 0 Å². The number of aryl methyl sites for hydroxylation is 1. The van der Waals surface area contributed by atoms with Gasteiger partial charge in [-0.25, -0.2) is 0 Å². The average molecular weight is 252 g/mol. The molecule has 1 heterocycles. The standard InChI is InChI=1S/C14H24N2S/c1-3-4-7-16(13-5-6-13)10-12-8-14(9-15)17-11(12)2/h8,13H,3-7,9-10,15H2,1-2H3. The summed E-state index contributed by atoms with van der Waals surface area (Å²) in [5.41, 5.74) is 7.21. The first-order valence-electron chi connectivity index (χ1n) is 6.77. The second-order valence-electron chi connectivity index (χ2n) is 5.05. The van der Waals surface area contributed by atoms with Crippen molar-refractivity contribution in [2.75, 3.05) is 6.54 Å². The van der Waals surface area contributed by atoms with Crippen molar-refractivity contribution in [1.82, 2.24) is 4.90 Å². The van der Waals surface area contributed by atoms with E-state index < -0.39 is 0 Å². The van der Waals surface area contributed by atoms with E-state index in [0.717, 1.165) is 12.6 Å². The number of hydrogen-bond donors (Lipinski definition) is 1. The first-order valence-corrected chi connectivity index (χ1v) is 7.58. The summed E-state index contributed by atoms with van der Waals surface area (Å²) in [6, 6.07) is 3.17. The van der Waals surface area contributed by atoms with Gasteiger partial charge in [0.2, 0.25) is 0 Å². The predicted octanol–water partition coefficient (Wildman–Crippen LogP) is 3.28. The van der Waals surface area contributed by atoms with Crippen molar-refractivity contribution in [2.45, 2.75) is 58.7 Å². The molecule has 1 aromatic rings. The van der Waals surface area contributed by atoms with Crippen molar-refractivity contribution < 1.29 is 0 Å². The van der Waals surface area contributed by atoms with Crippen molar-refractivity contribution in [2.24, 2.45) is 5.73 Å². The zero-order chi connectivity index (χ0) is 12.3. The molecule has 0 atom stereocenters. The second kappa shape index (κ2) is 5.98. The van der Waals surface area contributed by atoms with Crippen LogP contribution in [0, 0.1) is 6.92 Å². The Bertz CT molecular complexity index is 355. The maximum atomic E-state index is 5.71. The van der Waals surface area contributed by atoms with Crippen LogP contribution < -0.4 is 5.73 Å². The van der Waals surface area contributed by atoms with Crippen LogP contribution >= 0.6 is 11.3 Å². The first-order chi connectivity index (χ1) is 8.24. The maximum absolute atomic E-state index is 5.71. The lowest BCUT2D eigenvalue weighted by Crippen LogP contribution is -2.26. The van der Waals surface area contributed by atoms with Crippen LogP contribution in [0.2, 0.25) is 0 Å². The van der Waals surface area contributed by atoms with Gasteiger partial charge in [-0.15, -0.1) is 11.3 Å². The molecule has 17 heavy (non-hydrogen) atoms. The zero-order valence-electron chi connectivity index (χ0n) is 11.0. The molecule has 0 radical (unpaired) electrons. The molecule has 1 fully saturated rings. The minimum absolute atomic E-state index is 0.684. The lowest BCUT2D eigenvalue weighted by atomic mass is 10.2. The van der Waals surface area contributed by atoms with E-state index in [1.807, 2.05) is 11.3 Å². The summed E-state index contributed by atoms with van der Waals surface area (Å²) in [7, 11) is 0. The van der Waals surface area contributed by atoms with Gasteiger partial charge < -0.3 is 5.73 Å². The topological polar surface area (TPSA) is 29.3 Å². The van der Waals surface area contributed by atoms with Gasteiger partial charge in [0.05, 0.1) is 0 Å². The molecule has 2 N–H and O–H groups in total. The fraction of sp³-hybridized carbons (Fsp3) is 0.714. The van der Waals surface area contributed by atoms with Crippen molar-refractivity contribution in [3.63, 3.8) is 0 Å². The number of nitrogens with zero attached hydrogens (tertiary/aromatic N) is 1. The van der Waals surface area contributed by atoms with Gasteiger partial charge in [0, 0.05) is 28.9 Å². The Hall–Kier alpha value is -0.380. The van der Waals surface area contributed by atoms with Gasteiger partial charge in [-0.2, -0.15) is 0 Å². The van der Waals surface area contributed by atoms with Gasteiger partial charge in [0.1, 0.15) is 0 Å². The molecule has 0 bridgehead atoms. The van der Waals surface area contributed by atoms with Crippen LogP contribution in [0.5, 0.6) is 0 Å². The van der Waals surface area contributed by atoms with Crippen molar-refractivity contribution in [3.05, 3.63) is 21.4 Å². The lowest BCUT2D eigenvalue weighted by molar-refractivity contribution is 0.250. The van der Waals surface area contributed by atoms with Gasteiger partial charge in [-0.05, 0) is 44.4 Å². The summed E-state index contributed by atoms with van der Waals surface area (Å²) in [4.78, 5) is 5.44. The highest BCUT2D eigenvalue weighted by molar-refractivity contribution is 7.12. The quantitative estimate of drug-likeness (QED) is 0.807. The molecule has 1 aliphatic rings. The predicted molar refractivity (Wildman–Crippen MR) is 75.3 cm³/mol. The van der Waals surface area contributed by atoms with Crippen LogP contribution in [-0.2, 0) is 13.1 Å². The number of thiophene rings is 1. The largest absolute Gasteiger partial charge is 0.326 e. The summed E-state index contributed by atoms with van der Waals surface area (Å²) in [5.74, 6) is 0. The van der Waals surface area contributed by atoms with Crippen LogP contribution in [0.1, 0.15) is 47.9 Å². The van der Waals surface area contributed by atoms with Gasteiger partial charge >= 0.3 is 0 Å². The maximum Gasteiger partial charge on any atom is 0.0274 e. The van der Waals surface area contributed by atoms with Crippen LogP contribution in [0.3, 0.4) is 0 Å². The number of rotatable bonds is 7. The minimum atomic E-state index is 0.684. The Labute approximate surface area is 109 Å². The van der Waals surface area contributed by atoms with Gasteiger partial charge in [-0.3, -0.25) is 4.90 Å². The van der Waals surface area contributed by atoms with Gasteiger partial charge in [0.25, 0.3) is 0 Å². The molecule has 2 rings (SSSR count). The molecule has 0 saturated heterocycles. The lowest BCUT2D eigenvalue weighted by Gasteiger charge is -2.21. The van der Waals surface area contributed by atoms with Crippen LogP contribution in [0.15, 0.2) is 6.07 Å². The molecule has 1 aliphatic carbocycles. The third-order valence-electron chi connectivity index (χ3n) is 3.51. The fourth-order valence-corrected chi connectivity index (χ4v) is 3.19. The molecular formula is C14H24N2S. The van der Waals surface area contributed by atoms with Gasteiger partial charge in [-0.1, -0.05) is 13.3 Å². The van der Waals surface area contributed by atoms with Crippen LogP contribution in [-0.4, -0.2) is 17.5 Å². The highest BCUT2D eigenvalue weighted by atomic mass is 32.1. The molecule has 1 saturated carbocycles. The monoisotopic (exact) mass is 252 g/mol. The molecule has 96 valence electrons. The zero-order valence-corrected chi connectivity index (χ0v) is 11.9. The summed E-state index contributed by atoms with van der Waals surface area (Å²) in [6.45, 7) is 7.57. The fourth-order valence-electron chi connectivity index (χ4n) is 2.26. The third-order valence-corrected chi connectivity index (χ3v) is 4.62. The smallest absolute Gasteiger partial charge is 0.0274 e. The van der Waals surface area contributed by atoms with E-state index >= 15 is 0 Å². The Balaban J connectivity index is 1.98.